The van der Waals surface area contributed by atoms with Crippen LogP contribution in [-0.2, 0) is 20.7 Å². The minimum absolute atomic E-state index is 0.0972. The summed E-state index contributed by atoms with van der Waals surface area (Å²) in [4.78, 5) is 36.3. The molecule has 0 aliphatic carbocycles. The predicted molar refractivity (Wildman–Crippen MR) is 121 cm³/mol. The van der Waals surface area contributed by atoms with Crippen LogP contribution in [0.4, 0.5) is 5.69 Å². The maximum absolute atomic E-state index is 12.2. The Kier molecular flexibility index (Phi) is 8.62. The van der Waals surface area contributed by atoms with Crippen molar-refractivity contribution in [3.8, 4) is 5.75 Å². The molecule has 2 aromatic rings. The van der Waals surface area contributed by atoms with Crippen molar-refractivity contribution in [1.29, 1.82) is 0 Å². The molecule has 1 aliphatic rings. The van der Waals surface area contributed by atoms with Crippen molar-refractivity contribution in [2.45, 2.75) is 31.8 Å². The third-order valence-corrected chi connectivity index (χ3v) is 5.16. The molecule has 1 heterocycles. The van der Waals surface area contributed by atoms with Gasteiger partial charge in [-0.3, -0.25) is 14.4 Å². The number of ether oxygens (including phenoxy) is 2. The van der Waals surface area contributed by atoms with Gasteiger partial charge in [0.2, 0.25) is 11.8 Å². The van der Waals surface area contributed by atoms with Crippen LogP contribution in [0.1, 0.15) is 35.2 Å². The highest BCUT2D eigenvalue weighted by Gasteiger charge is 2.22. The average molecular weight is 440 g/mol. The zero-order chi connectivity index (χ0) is 22.8. The van der Waals surface area contributed by atoms with Crippen LogP contribution in [-0.4, -0.2) is 50.6 Å². The van der Waals surface area contributed by atoms with Gasteiger partial charge >= 0.3 is 0 Å². The summed E-state index contributed by atoms with van der Waals surface area (Å²) in [5, 5.41) is 8.36. The van der Waals surface area contributed by atoms with Crippen molar-refractivity contribution in [1.82, 2.24) is 10.6 Å². The Morgan fingerprint density at radius 3 is 2.38 bits per heavy atom. The summed E-state index contributed by atoms with van der Waals surface area (Å²) >= 11 is 0. The fraction of sp³-hybridized carbons (Fsp3) is 0.375. The highest BCUT2D eigenvalue weighted by Crippen LogP contribution is 2.14. The van der Waals surface area contributed by atoms with Crippen LogP contribution in [0.3, 0.4) is 0 Å². The lowest BCUT2D eigenvalue weighted by atomic mass is 10.1. The first-order chi connectivity index (χ1) is 15.5. The van der Waals surface area contributed by atoms with Crippen molar-refractivity contribution in [2.24, 2.45) is 0 Å². The van der Waals surface area contributed by atoms with Crippen LogP contribution in [0.25, 0.3) is 0 Å². The van der Waals surface area contributed by atoms with Gasteiger partial charge in [-0.2, -0.15) is 0 Å². The maximum Gasteiger partial charge on any atom is 0.251 e. The van der Waals surface area contributed by atoms with E-state index in [-0.39, 0.29) is 23.8 Å². The smallest absolute Gasteiger partial charge is 0.251 e. The van der Waals surface area contributed by atoms with Gasteiger partial charge in [0.05, 0.1) is 7.11 Å². The zero-order valence-electron chi connectivity index (χ0n) is 18.2. The topological polar surface area (TPSA) is 106 Å². The Labute approximate surface area is 187 Å². The van der Waals surface area contributed by atoms with E-state index in [1.54, 1.807) is 31.4 Å². The van der Waals surface area contributed by atoms with Crippen molar-refractivity contribution in [3.63, 3.8) is 0 Å². The lowest BCUT2D eigenvalue weighted by Gasteiger charge is -2.11. The van der Waals surface area contributed by atoms with E-state index in [4.69, 9.17) is 9.47 Å². The molecule has 3 amide bonds. The molecule has 1 saturated heterocycles. The van der Waals surface area contributed by atoms with Gasteiger partial charge in [-0.1, -0.05) is 12.1 Å². The minimum atomic E-state index is -0.371. The lowest BCUT2D eigenvalue weighted by Crippen LogP contribution is -2.39. The first-order valence-corrected chi connectivity index (χ1v) is 10.8. The number of nitrogens with one attached hydrogen (secondary N) is 3. The highest BCUT2D eigenvalue weighted by atomic mass is 16.5. The normalized spacial score (nSPS) is 15.1. The summed E-state index contributed by atoms with van der Waals surface area (Å²) in [5.74, 6) is 0.309. The van der Waals surface area contributed by atoms with E-state index >= 15 is 0 Å². The molecule has 2 aromatic carbocycles. The number of amides is 3. The van der Waals surface area contributed by atoms with E-state index in [1.807, 2.05) is 24.3 Å². The molecule has 1 aliphatic heterocycles. The second-order valence-electron chi connectivity index (χ2n) is 7.52. The average Bonchev–Trinajstić information content (AvgIpc) is 3.36. The van der Waals surface area contributed by atoms with Crippen LogP contribution < -0.4 is 20.7 Å². The van der Waals surface area contributed by atoms with Crippen molar-refractivity contribution in [3.05, 3.63) is 59.7 Å². The molecule has 0 radical (unpaired) electrons. The number of carbonyl (C=O) groups is 3. The Morgan fingerprint density at radius 1 is 1.00 bits per heavy atom. The van der Waals surface area contributed by atoms with Gasteiger partial charge in [0, 0.05) is 37.4 Å². The summed E-state index contributed by atoms with van der Waals surface area (Å²) in [5.41, 5.74) is 2.16. The van der Waals surface area contributed by atoms with Gasteiger partial charge in [-0.05, 0) is 61.2 Å². The molecule has 1 fully saturated rings. The SMILES string of the molecule is COc1ccc(CCC(=O)Nc2ccc(C(=O)NCCNC(=O)C3CCCO3)cc2)cc1. The van der Waals surface area contributed by atoms with E-state index in [2.05, 4.69) is 16.0 Å². The van der Waals surface area contributed by atoms with Crippen LogP contribution in [0.5, 0.6) is 5.75 Å². The van der Waals surface area contributed by atoms with E-state index in [1.165, 1.54) is 0 Å². The Morgan fingerprint density at radius 2 is 1.72 bits per heavy atom. The van der Waals surface area contributed by atoms with Crippen LogP contribution >= 0.6 is 0 Å². The molecule has 3 N–H and O–H groups in total. The van der Waals surface area contributed by atoms with Gasteiger partial charge in [0.1, 0.15) is 11.9 Å². The number of hydrogen-bond acceptors (Lipinski definition) is 5. The number of anilines is 1. The van der Waals surface area contributed by atoms with Crippen LogP contribution in [0.15, 0.2) is 48.5 Å². The molecule has 1 atom stereocenters. The van der Waals surface area contributed by atoms with Crippen molar-refractivity contribution < 1.29 is 23.9 Å². The molecule has 3 rings (SSSR count). The molecule has 0 bridgehead atoms. The number of rotatable bonds is 10. The monoisotopic (exact) mass is 439 g/mol. The predicted octanol–water partition coefficient (Wildman–Crippen LogP) is 2.29. The molecule has 170 valence electrons. The van der Waals surface area contributed by atoms with Gasteiger partial charge in [-0.25, -0.2) is 0 Å². The largest absolute Gasteiger partial charge is 0.497 e. The molecular weight excluding hydrogens is 410 g/mol. The maximum atomic E-state index is 12.2. The first kappa shape index (κ1) is 23.3. The van der Waals surface area contributed by atoms with Crippen molar-refractivity contribution in [2.75, 3.05) is 32.1 Å². The number of aryl methyl sites for hydroxylation is 1. The summed E-state index contributed by atoms with van der Waals surface area (Å²) in [6, 6.07) is 14.3. The molecule has 8 heteroatoms. The summed E-state index contributed by atoms with van der Waals surface area (Å²) in [7, 11) is 1.62. The van der Waals surface area contributed by atoms with Crippen LogP contribution in [0, 0.1) is 0 Å². The van der Waals surface area contributed by atoms with E-state index in [0.29, 0.717) is 43.8 Å². The quantitative estimate of drug-likeness (QED) is 0.493. The van der Waals surface area contributed by atoms with Gasteiger partial charge in [-0.15, -0.1) is 0 Å². The fourth-order valence-electron chi connectivity index (χ4n) is 3.34. The Bertz CT molecular complexity index is 906. The molecule has 32 heavy (non-hydrogen) atoms. The van der Waals surface area contributed by atoms with Gasteiger partial charge in [0.15, 0.2) is 0 Å². The van der Waals surface area contributed by atoms with E-state index < -0.39 is 0 Å². The third-order valence-electron chi connectivity index (χ3n) is 5.16. The minimum Gasteiger partial charge on any atom is -0.497 e. The second kappa shape index (κ2) is 11.9. The molecule has 0 saturated carbocycles. The molecular formula is C24H29N3O5. The summed E-state index contributed by atoms with van der Waals surface area (Å²) in [6.45, 7) is 1.28. The van der Waals surface area contributed by atoms with E-state index in [0.717, 1.165) is 24.2 Å². The number of hydrogen-bond donors (Lipinski definition) is 3. The summed E-state index contributed by atoms with van der Waals surface area (Å²) < 4.78 is 10.4. The Hall–Kier alpha value is -3.39. The lowest BCUT2D eigenvalue weighted by molar-refractivity contribution is -0.130. The molecule has 0 aromatic heterocycles. The molecule has 0 spiro atoms. The highest BCUT2D eigenvalue weighted by molar-refractivity contribution is 5.95. The fourth-order valence-corrected chi connectivity index (χ4v) is 3.34. The third kappa shape index (κ3) is 7.09. The number of methoxy groups -OCH3 is 1. The molecule has 1 unspecified atom stereocenters. The van der Waals surface area contributed by atoms with Gasteiger partial charge < -0.3 is 25.4 Å². The first-order valence-electron chi connectivity index (χ1n) is 10.8. The Balaban J connectivity index is 1.36. The molecule has 8 nitrogen and oxygen atoms in total. The van der Waals surface area contributed by atoms with Crippen molar-refractivity contribution >= 4 is 23.4 Å². The number of carbonyl (C=O) groups excluding carboxylic acids is 3. The summed E-state index contributed by atoms with van der Waals surface area (Å²) in [6.07, 6.45) is 2.24. The van der Waals surface area contributed by atoms with E-state index in [9.17, 15) is 14.4 Å². The second-order valence-corrected chi connectivity index (χ2v) is 7.52. The zero-order valence-corrected chi connectivity index (χ0v) is 18.2. The number of benzene rings is 2. The van der Waals surface area contributed by atoms with Gasteiger partial charge in [0.25, 0.3) is 5.91 Å². The standard InChI is InChI=1S/C24H29N3O5/c1-31-20-11-4-17(5-12-20)6-13-22(28)27-19-9-7-18(8-10-19)23(29)25-14-15-26-24(30)21-3-2-16-32-21/h4-5,7-12,21H,2-3,6,13-16H2,1H3,(H,25,29)(H,26,30)(H,27,28). The van der Waals surface area contributed by atoms with Crippen LogP contribution in [0.2, 0.25) is 0 Å².